The van der Waals surface area contributed by atoms with E-state index in [1.165, 1.54) is 0 Å². The van der Waals surface area contributed by atoms with Gasteiger partial charge in [0.25, 0.3) is 0 Å². The number of benzene rings is 2. The Kier molecular flexibility index (Phi) is 4.20. The molecule has 2 amide bonds. The number of nitrogens with zero attached hydrogens (tertiary/aromatic N) is 2. The smallest absolute Gasteiger partial charge is 0.228 e. The van der Waals surface area contributed by atoms with Gasteiger partial charge in [0.2, 0.25) is 11.8 Å². The van der Waals surface area contributed by atoms with Crippen molar-refractivity contribution in [3.8, 4) is 0 Å². The highest BCUT2D eigenvalue weighted by Gasteiger charge is 2.38. The number of carbonyl (C=O) groups is 2. The van der Waals surface area contributed by atoms with Crippen molar-refractivity contribution < 1.29 is 9.59 Å². The Labute approximate surface area is 148 Å². The summed E-state index contributed by atoms with van der Waals surface area (Å²) in [7, 11) is 0. The Morgan fingerprint density at radius 3 is 2.56 bits per heavy atom. The zero-order valence-electron chi connectivity index (χ0n) is 14.6. The van der Waals surface area contributed by atoms with Gasteiger partial charge in [0.15, 0.2) is 0 Å². The fraction of sp³-hybridized carbons (Fsp3) is 0.429. The molecule has 1 atom stereocenters. The lowest BCUT2D eigenvalue weighted by atomic mass is 9.97. The van der Waals surface area contributed by atoms with Crippen LogP contribution in [0.1, 0.15) is 26.2 Å². The van der Waals surface area contributed by atoms with Crippen molar-refractivity contribution in [3.05, 3.63) is 42.5 Å². The molecule has 130 valence electrons. The molecule has 2 aromatic rings. The molecule has 0 unspecified atom stereocenters. The molecule has 0 N–H and O–H groups in total. The molecule has 2 fully saturated rings. The van der Waals surface area contributed by atoms with E-state index in [0.29, 0.717) is 18.9 Å². The Balaban J connectivity index is 1.55. The summed E-state index contributed by atoms with van der Waals surface area (Å²) in [4.78, 5) is 29.2. The molecule has 0 aromatic heterocycles. The Morgan fingerprint density at radius 1 is 1.04 bits per heavy atom. The number of fused-ring (bicyclic) bond motifs is 1. The van der Waals surface area contributed by atoms with Crippen molar-refractivity contribution >= 4 is 28.3 Å². The summed E-state index contributed by atoms with van der Waals surface area (Å²) in [6.45, 7) is 4.40. The van der Waals surface area contributed by atoms with E-state index in [2.05, 4.69) is 19.1 Å². The lowest BCUT2D eigenvalue weighted by Gasteiger charge is -2.32. The van der Waals surface area contributed by atoms with E-state index in [1.54, 1.807) is 4.90 Å². The predicted octanol–water partition coefficient (Wildman–Crippen LogP) is 3.45. The van der Waals surface area contributed by atoms with Gasteiger partial charge >= 0.3 is 0 Å². The van der Waals surface area contributed by atoms with E-state index in [-0.39, 0.29) is 17.7 Å². The van der Waals surface area contributed by atoms with Crippen molar-refractivity contribution in [2.75, 3.05) is 24.5 Å². The molecular weight excluding hydrogens is 312 g/mol. The van der Waals surface area contributed by atoms with Crippen LogP contribution in [0, 0.1) is 11.8 Å². The molecule has 2 aromatic carbocycles. The largest absolute Gasteiger partial charge is 0.342 e. The molecule has 0 aliphatic carbocycles. The molecule has 4 heteroatoms. The van der Waals surface area contributed by atoms with Crippen LogP contribution in [0.5, 0.6) is 0 Å². The molecule has 2 heterocycles. The molecule has 2 aliphatic rings. The normalized spacial score (nSPS) is 22.0. The first-order chi connectivity index (χ1) is 12.1. The van der Waals surface area contributed by atoms with Crippen LogP contribution >= 0.6 is 0 Å². The van der Waals surface area contributed by atoms with E-state index in [9.17, 15) is 9.59 Å². The first-order valence-electron chi connectivity index (χ1n) is 9.20. The second kappa shape index (κ2) is 6.51. The Hall–Kier alpha value is -2.36. The molecule has 0 bridgehead atoms. The zero-order valence-corrected chi connectivity index (χ0v) is 14.6. The Bertz CT molecular complexity index is 803. The number of piperidine rings is 1. The van der Waals surface area contributed by atoms with Crippen LogP contribution in [-0.4, -0.2) is 36.3 Å². The number of anilines is 1. The maximum absolute atomic E-state index is 12.8. The summed E-state index contributed by atoms with van der Waals surface area (Å²) in [5.74, 6) is 0.699. The highest BCUT2D eigenvalue weighted by molar-refractivity contribution is 6.06. The molecule has 2 aliphatic heterocycles. The minimum Gasteiger partial charge on any atom is -0.342 e. The molecule has 0 spiro atoms. The van der Waals surface area contributed by atoms with Gasteiger partial charge in [-0.05, 0) is 30.2 Å². The van der Waals surface area contributed by atoms with Gasteiger partial charge in [-0.3, -0.25) is 9.59 Å². The summed E-state index contributed by atoms with van der Waals surface area (Å²) in [5, 5.41) is 2.19. The quantitative estimate of drug-likeness (QED) is 0.843. The number of hydrogen-bond acceptors (Lipinski definition) is 2. The summed E-state index contributed by atoms with van der Waals surface area (Å²) in [5.41, 5.74) is 0.922. The number of rotatable bonds is 2. The first-order valence-corrected chi connectivity index (χ1v) is 9.20. The van der Waals surface area contributed by atoms with Gasteiger partial charge in [0, 0.05) is 31.4 Å². The maximum Gasteiger partial charge on any atom is 0.228 e. The third-order valence-corrected chi connectivity index (χ3v) is 5.63. The molecule has 2 saturated heterocycles. The van der Waals surface area contributed by atoms with Crippen molar-refractivity contribution in [2.45, 2.75) is 26.2 Å². The number of carbonyl (C=O) groups excluding carboxylic acids is 2. The van der Waals surface area contributed by atoms with Crippen LogP contribution in [0.15, 0.2) is 42.5 Å². The predicted molar refractivity (Wildman–Crippen MR) is 99.4 cm³/mol. The van der Waals surface area contributed by atoms with E-state index in [0.717, 1.165) is 42.4 Å². The number of likely N-dealkylation sites (tertiary alicyclic amines) is 1. The van der Waals surface area contributed by atoms with Gasteiger partial charge in [-0.15, -0.1) is 0 Å². The zero-order chi connectivity index (χ0) is 17.4. The second-order valence-corrected chi connectivity index (χ2v) is 7.41. The molecule has 4 rings (SSSR count). The minimum atomic E-state index is -0.208. The maximum atomic E-state index is 12.8. The van der Waals surface area contributed by atoms with Crippen molar-refractivity contribution in [1.82, 2.24) is 4.90 Å². The fourth-order valence-electron chi connectivity index (χ4n) is 4.04. The lowest BCUT2D eigenvalue weighted by Crippen LogP contribution is -2.42. The lowest BCUT2D eigenvalue weighted by molar-refractivity contribution is -0.137. The summed E-state index contributed by atoms with van der Waals surface area (Å²) < 4.78 is 0. The molecule has 0 radical (unpaired) electrons. The van der Waals surface area contributed by atoms with Crippen LogP contribution in [0.4, 0.5) is 5.69 Å². The second-order valence-electron chi connectivity index (χ2n) is 7.41. The van der Waals surface area contributed by atoms with Gasteiger partial charge in [-0.2, -0.15) is 0 Å². The van der Waals surface area contributed by atoms with Crippen LogP contribution in [0.2, 0.25) is 0 Å². The topological polar surface area (TPSA) is 40.6 Å². The van der Waals surface area contributed by atoms with E-state index in [1.807, 2.05) is 35.2 Å². The number of amides is 2. The van der Waals surface area contributed by atoms with Crippen LogP contribution in [0.3, 0.4) is 0 Å². The number of hydrogen-bond donors (Lipinski definition) is 0. The third kappa shape index (κ3) is 3.01. The minimum absolute atomic E-state index is 0.0556. The third-order valence-electron chi connectivity index (χ3n) is 5.63. The van der Waals surface area contributed by atoms with E-state index >= 15 is 0 Å². The summed E-state index contributed by atoms with van der Waals surface area (Å²) >= 11 is 0. The highest BCUT2D eigenvalue weighted by atomic mass is 16.2. The van der Waals surface area contributed by atoms with Gasteiger partial charge in [0.05, 0.1) is 11.6 Å². The standard InChI is InChI=1S/C21H24N2O2/c1-15-9-11-22(12-10-15)21(25)17-13-20(24)23(14-17)19-8-4-6-16-5-2-3-7-18(16)19/h2-8,15,17H,9-14H2,1H3/t17-/m1/s1. The molecule has 4 nitrogen and oxygen atoms in total. The fourth-order valence-corrected chi connectivity index (χ4v) is 4.04. The van der Waals surface area contributed by atoms with Crippen molar-refractivity contribution in [1.29, 1.82) is 0 Å². The summed E-state index contributed by atoms with van der Waals surface area (Å²) in [6, 6.07) is 14.1. The monoisotopic (exact) mass is 336 g/mol. The average molecular weight is 336 g/mol. The molecule has 0 saturated carbocycles. The van der Waals surface area contributed by atoms with Crippen LogP contribution in [0.25, 0.3) is 10.8 Å². The highest BCUT2D eigenvalue weighted by Crippen LogP contribution is 2.32. The van der Waals surface area contributed by atoms with Crippen LogP contribution < -0.4 is 4.90 Å². The van der Waals surface area contributed by atoms with Gasteiger partial charge in [-0.1, -0.05) is 43.3 Å². The van der Waals surface area contributed by atoms with E-state index < -0.39 is 0 Å². The van der Waals surface area contributed by atoms with Crippen LogP contribution in [-0.2, 0) is 9.59 Å². The van der Waals surface area contributed by atoms with Gasteiger partial charge in [0.1, 0.15) is 0 Å². The summed E-state index contributed by atoms with van der Waals surface area (Å²) in [6.07, 6.45) is 2.47. The SMILES string of the molecule is CC1CCN(C(=O)[C@@H]2CC(=O)N(c3cccc4ccccc34)C2)CC1. The van der Waals surface area contributed by atoms with Crippen molar-refractivity contribution in [3.63, 3.8) is 0 Å². The van der Waals surface area contributed by atoms with E-state index in [4.69, 9.17) is 0 Å². The molecule has 25 heavy (non-hydrogen) atoms. The average Bonchev–Trinajstić information content (AvgIpc) is 3.03. The Morgan fingerprint density at radius 2 is 1.76 bits per heavy atom. The first kappa shape index (κ1) is 16.1. The van der Waals surface area contributed by atoms with Gasteiger partial charge in [-0.25, -0.2) is 0 Å². The van der Waals surface area contributed by atoms with Gasteiger partial charge < -0.3 is 9.80 Å². The molecular formula is C21H24N2O2. The van der Waals surface area contributed by atoms with Crippen molar-refractivity contribution in [2.24, 2.45) is 11.8 Å².